The first-order valence-electron chi connectivity index (χ1n) is 6.61. The summed E-state index contributed by atoms with van der Waals surface area (Å²) in [5.74, 6) is 1.29. The Morgan fingerprint density at radius 2 is 1.75 bits per heavy atom. The highest BCUT2D eigenvalue weighted by Crippen LogP contribution is 2.32. The van der Waals surface area contributed by atoms with Gasteiger partial charge in [-0.1, -0.05) is 24.3 Å². The molecule has 0 saturated heterocycles. The highest BCUT2D eigenvalue weighted by Gasteiger charge is 2.18. The Bertz CT molecular complexity index is 640. The molecule has 0 aromatic heterocycles. The summed E-state index contributed by atoms with van der Waals surface area (Å²) in [6, 6.07) is 15.1. The number of hydrogen-bond donors (Lipinski definition) is 1. The van der Waals surface area contributed by atoms with Crippen LogP contribution in [0, 0.1) is 0 Å². The number of benzene rings is 2. The molecule has 2 aromatic rings. The van der Waals surface area contributed by atoms with Crippen LogP contribution in [0.4, 0.5) is 5.69 Å². The number of carbonyl (C=O) groups is 1. The van der Waals surface area contributed by atoms with Gasteiger partial charge in [-0.05, 0) is 24.3 Å². The maximum absolute atomic E-state index is 12.4. The minimum Gasteiger partial charge on any atom is -0.454 e. The van der Waals surface area contributed by atoms with Crippen molar-refractivity contribution in [2.24, 2.45) is 0 Å². The molecule has 20 heavy (non-hydrogen) atoms. The third-order valence-electron chi connectivity index (χ3n) is 3.33. The third-order valence-corrected chi connectivity index (χ3v) is 3.33. The van der Waals surface area contributed by atoms with E-state index >= 15 is 0 Å². The number of rotatable bonds is 0. The number of fused-ring (bicyclic) bond motifs is 2. The monoisotopic (exact) mass is 268 g/mol. The van der Waals surface area contributed by atoms with Crippen molar-refractivity contribution in [1.82, 2.24) is 4.90 Å². The molecular weight excluding hydrogens is 252 g/mol. The van der Waals surface area contributed by atoms with Crippen LogP contribution in [0.1, 0.15) is 10.4 Å². The molecule has 1 amide bonds. The molecule has 0 fully saturated rings. The fourth-order valence-corrected chi connectivity index (χ4v) is 2.22. The van der Waals surface area contributed by atoms with Crippen molar-refractivity contribution in [3.63, 3.8) is 0 Å². The van der Waals surface area contributed by atoms with Crippen molar-refractivity contribution in [1.29, 1.82) is 0 Å². The van der Waals surface area contributed by atoms with E-state index in [1.807, 2.05) is 42.5 Å². The van der Waals surface area contributed by atoms with Gasteiger partial charge in [-0.25, -0.2) is 0 Å². The highest BCUT2D eigenvalue weighted by molar-refractivity contribution is 5.97. The van der Waals surface area contributed by atoms with Gasteiger partial charge in [0.15, 0.2) is 5.75 Å². The number of para-hydroxylation sites is 3. The maximum atomic E-state index is 12.4. The van der Waals surface area contributed by atoms with Gasteiger partial charge in [-0.2, -0.15) is 0 Å². The zero-order valence-electron chi connectivity index (χ0n) is 11.3. The van der Waals surface area contributed by atoms with Crippen LogP contribution in [0.5, 0.6) is 11.5 Å². The number of amides is 1. The molecule has 0 bridgehead atoms. The molecule has 0 atom stereocenters. The van der Waals surface area contributed by atoms with Crippen LogP contribution in [-0.4, -0.2) is 30.9 Å². The second-order valence-electron chi connectivity index (χ2n) is 4.75. The molecule has 0 aliphatic carbocycles. The van der Waals surface area contributed by atoms with Gasteiger partial charge in [0.05, 0.1) is 11.3 Å². The number of nitrogens with zero attached hydrogens (tertiary/aromatic N) is 1. The zero-order valence-corrected chi connectivity index (χ0v) is 11.3. The van der Waals surface area contributed by atoms with Gasteiger partial charge in [-0.15, -0.1) is 0 Å². The molecule has 1 N–H and O–H groups in total. The lowest BCUT2D eigenvalue weighted by Gasteiger charge is -2.22. The van der Waals surface area contributed by atoms with Crippen molar-refractivity contribution in [3.05, 3.63) is 54.1 Å². The van der Waals surface area contributed by atoms with Crippen LogP contribution in [-0.2, 0) is 0 Å². The van der Waals surface area contributed by atoms with Crippen LogP contribution in [0.25, 0.3) is 0 Å². The van der Waals surface area contributed by atoms with Gasteiger partial charge in [-0.3, -0.25) is 4.79 Å². The Labute approximate surface area is 118 Å². The van der Waals surface area contributed by atoms with Crippen LogP contribution in [0.15, 0.2) is 48.5 Å². The van der Waals surface area contributed by atoms with Crippen LogP contribution >= 0.6 is 0 Å². The molecule has 102 valence electrons. The SMILES string of the molecule is CN1CCNc2ccccc2Oc2ccccc2C1=O. The largest absolute Gasteiger partial charge is 0.454 e. The Kier molecular flexibility index (Phi) is 3.29. The summed E-state index contributed by atoms with van der Waals surface area (Å²) in [5, 5.41) is 3.30. The zero-order chi connectivity index (χ0) is 13.9. The number of nitrogens with one attached hydrogen (secondary N) is 1. The Morgan fingerprint density at radius 1 is 1.05 bits per heavy atom. The van der Waals surface area contributed by atoms with Gasteiger partial charge in [0.2, 0.25) is 0 Å². The molecule has 4 nitrogen and oxygen atoms in total. The van der Waals surface area contributed by atoms with E-state index in [1.54, 1.807) is 18.0 Å². The van der Waals surface area contributed by atoms with Crippen LogP contribution < -0.4 is 10.1 Å². The molecule has 2 aromatic carbocycles. The minimum atomic E-state index is -0.0261. The molecule has 0 radical (unpaired) electrons. The van der Waals surface area contributed by atoms with Gasteiger partial charge in [0, 0.05) is 20.1 Å². The summed E-state index contributed by atoms with van der Waals surface area (Å²) >= 11 is 0. The lowest BCUT2D eigenvalue weighted by Crippen LogP contribution is -2.32. The Balaban J connectivity index is 2.08. The van der Waals surface area contributed by atoms with Crippen LogP contribution in [0.3, 0.4) is 0 Å². The topological polar surface area (TPSA) is 41.6 Å². The Morgan fingerprint density at radius 3 is 2.60 bits per heavy atom. The highest BCUT2D eigenvalue weighted by atomic mass is 16.5. The molecule has 0 saturated carbocycles. The average Bonchev–Trinajstić information content (AvgIpc) is 2.48. The first kappa shape index (κ1) is 12.5. The van der Waals surface area contributed by atoms with E-state index in [4.69, 9.17) is 4.74 Å². The molecule has 4 heteroatoms. The molecule has 1 aliphatic heterocycles. The van der Waals surface area contributed by atoms with E-state index in [0.29, 0.717) is 24.4 Å². The van der Waals surface area contributed by atoms with Gasteiger partial charge in [0.25, 0.3) is 5.91 Å². The minimum absolute atomic E-state index is 0.0261. The quantitative estimate of drug-likeness (QED) is 0.798. The van der Waals surface area contributed by atoms with Crippen molar-refractivity contribution in [2.75, 3.05) is 25.5 Å². The van der Waals surface area contributed by atoms with Crippen molar-refractivity contribution in [3.8, 4) is 11.5 Å². The van der Waals surface area contributed by atoms with Gasteiger partial charge < -0.3 is 15.0 Å². The molecule has 0 unspecified atom stereocenters. The molecule has 3 rings (SSSR count). The van der Waals surface area contributed by atoms with E-state index in [9.17, 15) is 4.79 Å². The summed E-state index contributed by atoms with van der Waals surface area (Å²) in [4.78, 5) is 14.1. The van der Waals surface area contributed by atoms with Crippen molar-refractivity contribution in [2.45, 2.75) is 0 Å². The predicted molar refractivity (Wildman–Crippen MR) is 78.4 cm³/mol. The van der Waals surface area contributed by atoms with E-state index in [-0.39, 0.29) is 5.91 Å². The van der Waals surface area contributed by atoms with Gasteiger partial charge >= 0.3 is 0 Å². The first-order chi connectivity index (χ1) is 9.75. The molecule has 1 aliphatic rings. The van der Waals surface area contributed by atoms with Crippen LogP contribution in [0.2, 0.25) is 0 Å². The number of carbonyl (C=O) groups excluding carboxylic acids is 1. The van der Waals surface area contributed by atoms with Gasteiger partial charge in [0.1, 0.15) is 5.75 Å². The van der Waals surface area contributed by atoms with Crippen molar-refractivity contribution < 1.29 is 9.53 Å². The maximum Gasteiger partial charge on any atom is 0.257 e. The Hall–Kier alpha value is -2.49. The van der Waals surface area contributed by atoms with E-state index in [1.165, 1.54) is 0 Å². The second-order valence-corrected chi connectivity index (χ2v) is 4.75. The normalized spacial score (nSPS) is 14.7. The third kappa shape index (κ3) is 2.32. The van der Waals surface area contributed by atoms with Crippen molar-refractivity contribution >= 4 is 11.6 Å². The predicted octanol–water partition coefficient (Wildman–Crippen LogP) is 2.98. The lowest BCUT2D eigenvalue weighted by molar-refractivity contribution is 0.0797. The second kappa shape index (κ2) is 5.25. The molecule has 1 heterocycles. The number of ether oxygens (including phenoxy) is 1. The average molecular weight is 268 g/mol. The fourth-order valence-electron chi connectivity index (χ4n) is 2.22. The van der Waals surface area contributed by atoms with E-state index < -0.39 is 0 Å². The number of likely N-dealkylation sites (N-methyl/N-ethyl adjacent to an activating group) is 1. The first-order valence-corrected chi connectivity index (χ1v) is 6.61. The fraction of sp³-hybridized carbons (Fsp3) is 0.188. The number of hydrogen-bond acceptors (Lipinski definition) is 3. The summed E-state index contributed by atoms with van der Waals surface area (Å²) in [5.41, 5.74) is 1.52. The lowest BCUT2D eigenvalue weighted by atomic mass is 10.1. The summed E-state index contributed by atoms with van der Waals surface area (Å²) in [6.45, 7) is 1.33. The summed E-state index contributed by atoms with van der Waals surface area (Å²) in [6.07, 6.45) is 0. The van der Waals surface area contributed by atoms with E-state index in [2.05, 4.69) is 5.32 Å². The molecule has 0 spiro atoms. The number of anilines is 1. The smallest absolute Gasteiger partial charge is 0.257 e. The standard InChI is InChI=1S/C16H16N2O2/c1-18-11-10-17-13-7-3-5-9-15(13)20-14-8-4-2-6-12(14)16(18)19/h2-9,17H,10-11H2,1H3. The van der Waals surface area contributed by atoms with E-state index in [0.717, 1.165) is 11.4 Å². The molecular formula is C16H16N2O2. The summed E-state index contributed by atoms with van der Waals surface area (Å²) < 4.78 is 5.93. The summed E-state index contributed by atoms with van der Waals surface area (Å²) in [7, 11) is 1.80.